The van der Waals surface area contributed by atoms with Crippen molar-refractivity contribution in [3.05, 3.63) is 11.6 Å². The molecule has 0 aliphatic heterocycles. The van der Waals surface area contributed by atoms with Crippen LogP contribution in [0, 0.1) is 50.7 Å². The van der Waals surface area contributed by atoms with Crippen LogP contribution in [0.15, 0.2) is 11.6 Å². The first-order valence-corrected chi connectivity index (χ1v) is 13.8. The number of aliphatic hydroxyl groups is 2. The van der Waals surface area contributed by atoms with Gasteiger partial charge in [0.1, 0.15) is 5.78 Å². The Hall–Kier alpha value is -0.670. The number of hydrogen-bond acceptors (Lipinski definition) is 3. The highest BCUT2D eigenvalue weighted by Crippen LogP contribution is 2.88. The maximum Gasteiger partial charge on any atom is 0.138 e. The molecule has 0 saturated heterocycles. The molecule has 10 atom stereocenters. The van der Waals surface area contributed by atoms with E-state index in [4.69, 9.17) is 0 Å². The first kappa shape index (κ1) is 24.0. The van der Waals surface area contributed by atoms with Crippen molar-refractivity contribution < 1.29 is 15.0 Å². The summed E-state index contributed by atoms with van der Waals surface area (Å²) in [5, 5.41) is 22.6. The summed E-state index contributed by atoms with van der Waals surface area (Å²) in [6.07, 6.45) is 11.0. The molecule has 3 heteroatoms. The highest BCUT2D eigenvalue weighted by molar-refractivity contribution is 5.86. The van der Waals surface area contributed by atoms with Crippen LogP contribution in [0.25, 0.3) is 0 Å². The summed E-state index contributed by atoms with van der Waals surface area (Å²) in [6.45, 7) is 15.8. The predicted molar refractivity (Wildman–Crippen MR) is 132 cm³/mol. The van der Waals surface area contributed by atoms with E-state index in [2.05, 4.69) is 54.5 Å². The molecule has 3 nitrogen and oxygen atoms in total. The first-order chi connectivity index (χ1) is 15.3. The predicted octanol–water partition coefficient (Wildman–Crippen LogP) is 6.32. The molecule has 5 aliphatic carbocycles. The molecule has 186 valence electrons. The molecular weight excluding hydrogens is 408 g/mol. The van der Waals surface area contributed by atoms with E-state index < -0.39 is 6.10 Å². The van der Waals surface area contributed by atoms with Gasteiger partial charge in [0.05, 0.1) is 12.2 Å². The van der Waals surface area contributed by atoms with Crippen molar-refractivity contribution in [2.75, 3.05) is 0 Å². The third-order valence-corrected chi connectivity index (χ3v) is 12.9. The van der Waals surface area contributed by atoms with Crippen molar-refractivity contribution in [3.8, 4) is 0 Å². The molecule has 0 aromatic heterocycles. The summed E-state index contributed by atoms with van der Waals surface area (Å²) in [5.41, 5.74) is 2.00. The first-order valence-electron chi connectivity index (χ1n) is 13.8. The summed E-state index contributed by atoms with van der Waals surface area (Å²) in [6, 6.07) is 0. The molecule has 2 N–H and O–H groups in total. The van der Waals surface area contributed by atoms with Gasteiger partial charge < -0.3 is 10.2 Å². The highest BCUT2D eigenvalue weighted by atomic mass is 16.3. The summed E-state index contributed by atoms with van der Waals surface area (Å²) >= 11 is 0. The number of ketones is 1. The molecule has 0 amide bonds. The minimum atomic E-state index is -0.400. The van der Waals surface area contributed by atoms with E-state index in [0.29, 0.717) is 34.9 Å². The Morgan fingerprint density at radius 1 is 1.03 bits per heavy atom. The second-order valence-corrected chi connectivity index (χ2v) is 14.4. The van der Waals surface area contributed by atoms with E-state index in [-0.39, 0.29) is 34.2 Å². The molecule has 0 bridgehead atoms. The van der Waals surface area contributed by atoms with Crippen LogP contribution < -0.4 is 0 Å². The van der Waals surface area contributed by atoms with Crippen LogP contribution in [0.4, 0.5) is 0 Å². The summed E-state index contributed by atoms with van der Waals surface area (Å²) in [4.78, 5) is 12.8. The molecule has 0 radical (unpaired) electrons. The fraction of sp³-hybridized carbons (Fsp3) is 0.900. The normalized spacial score (nSPS) is 51.5. The highest BCUT2D eigenvalue weighted by Gasteiger charge is 2.82. The largest absolute Gasteiger partial charge is 0.393 e. The van der Waals surface area contributed by atoms with Crippen LogP contribution in [0.1, 0.15) is 106 Å². The fourth-order valence-electron chi connectivity index (χ4n) is 11.0. The lowest BCUT2D eigenvalue weighted by Gasteiger charge is -2.62. The summed E-state index contributed by atoms with van der Waals surface area (Å²) in [5.74, 6) is 1.92. The van der Waals surface area contributed by atoms with Gasteiger partial charge in [-0.1, -0.05) is 46.3 Å². The molecule has 5 saturated carbocycles. The Morgan fingerprint density at radius 2 is 1.67 bits per heavy atom. The lowest BCUT2D eigenvalue weighted by molar-refractivity contribution is -0.158. The van der Waals surface area contributed by atoms with E-state index in [1.54, 1.807) is 0 Å². The average molecular weight is 457 g/mol. The van der Waals surface area contributed by atoms with Gasteiger partial charge in [0, 0.05) is 11.8 Å². The van der Waals surface area contributed by atoms with Gasteiger partial charge in [-0.15, -0.1) is 0 Å². The maximum atomic E-state index is 12.8. The van der Waals surface area contributed by atoms with E-state index >= 15 is 0 Å². The van der Waals surface area contributed by atoms with Crippen molar-refractivity contribution in [2.45, 2.75) is 118 Å². The van der Waals surface area contributed by atoms with Gasteiger partial charge >= 0.3 is 0 Å². The van der Waals surface area contributed by atoms with Gasteiger partial charge in [0.2, 0.25) is 0 Å². The maximum absolute atomic E-state index is 12.8. The Morgan fingerprint density at radius 3 is 2.33 bits per heavy atom. The number of allylic oxidation sites excluding steroid dienone is 1. The van der Waals surface area contributed by atoms with Crippen molar-refractivity contribution in [1.82, 2.24) is 0 Å². The van der Waals surface area contributed by atoms with Gasteiger partial charge in [-0.25, -0.2) is 0 Å². The zero-order chi connectivity index (χ0) is 24.2. The fourth-order valence-corrected chi connectivity index (χ4v) is 11.0. The molecule has 0 heterocycles. The second kappa shape index (κ2) is 7.19. The van der Waals surface area contributed by atoms with Gasteiger partial charge in [0.15, 0.2) is 0 Å². The van der Waals surface area contributed by atoms with Crippen LogP contribution in [-0.4, -0.2) is 28.2 Å². The third-order valence-electron chi connectivity index (χ3n) is 12.9. The van der Waals surface area contributed by atoms with Gasteiger partial charge in [0.25, 0.3) is 0 Å². The Labute approximate surface area is 201 Å². The number of Topliss-reactive ketones (excluding diaryl/α,β-unsaturated/α-hetero) is 1. The van der Waals surface area contributed by atoms with Crippen molar-refractivity contribution in [1.29, 1.82) is 0 Å². The molecule has 0 aromatic carbocycles. The van der Waals surface area contributed by atoms with E-state index in [1.807, 2.05) is 0 Å². The number of hydrogen-bond donors (Lipinski definition) is 2. The Balaban J connectivity index is 1.46. The van der Waals surface area contributed by atoms with Crippen LogP contribution in [0.2, 0.25) is 0 Å². The van der Waals surface area contributed by atoms with Crippen molar-refractivity contribution in [3.63, 3.8) is 0 Å². The summed E-state index contributed by atoms with van der Waals surface area (Å²) in [7, 11) is 0. The molecule has 5 rings (SSSR count). The van der Waals surface area contributed by atoms with E-state index in [1.165, 1.54) is 31.3 Å². The molecule has 0 aromatic rings. The minimum absolute atomic E-state index is 0.0598. The van der Waals surface area contributed by atoms with E-state index in [0.717, 1.165) is 25.7 Å². The molecule has 5 aliphatic rings. The summed E-state index contributed by atoms with van der Waals surface area (Å²) < 4.78 is 0. The van der Waals surface area contributed by atoms with E-state index in [9.17, 15) is 15.0 Å². The number of carbonyl (C=O) groups is 1. The molecule has 2 spiro atoms. The number of carbonyl (C=O) groups excluding carboxylic acids is 1. The van der Waals surface area contributed by atoms with Crippen LogP contribution in [0.3, 0.4) is 0 Å². The van der Waals surface area contributed by atoms with Crippen LogP contribution >= 0.6 is 0 Å². The molecule has 5 fully saturated rings. The lowest BCUT2D eigenvalue weighted by atomic mass is 9.42. The topological polar surface area (TPSA) is 57.5 Å². The third kappa shape index (κ3) is 2.85. The molecular formula is C30H48O3. The van der Waals surface area contributed by atoms with Crippen LogP contribution in [0.5, 0.6) is 0 Å². The minimum Gasteiger partial charge on any atom is -0.393 e. The zero-order valence-corrected chi connectivity index (χ0v) is 22.2. The average Bonchev–Trinajstić information content (AvgIpc) is 3.34. The standard InChI is InChI=1S/C30H48O3/c1-18(2)8-9-20(31)19(3)25-21(32)16-28(7)23-11-10-22-26(4,5)24(33)12-13-29(22)17-30(23,29)15-14-27(25,28)6/h8,19-23,25,31-32H,9-17H2,1-7H3. The smallest absolute Gasteiger partial charge is 0.138 e. The van der Waals surface area contributed by atoms with Crippen molar-refractivity contribution in [2.24, 2.45) is 50.7 Å². The van der Waals surface area contributed by atoms with Gasteiger partial charge in [-0.3, -0.25) is 4.79 Å². The van der Waals surface area contributed by atoms with Gasteiger partial charge in [-0.05, 0) is 111 Å². The molecule has 33 heavy (non-hydrogen) atoms. The van der Waals surface area contributed by atoms with Crippen LogP contribution in [-0.2, 0) is 4.79 Å². The molecule has 10 unspecified atom stereocenters. The lowest BCUT2D eigenvalue weighted by Crippen LogP contribution is -2.57. The Bertz CT molecular complexity index is 870. The number of fused-ring (bicyclic) bond motifs is 2. The van der Waals surface area contributed by atoms with Crippen molar-refractivity contribution >= 4 is 5.78 Å². The number of rotatable bonds is 4. The second-order valence-electron chi connectivity index (χ2n) is 14.4. The number of aliphatic hydroxyl groups excluding tert-OH is 2. The van der Waals surface area contributed by atoms with Gasteiger partial charge in [-0.2, -0.15) is 0 Å². The Kier molecular flexibility index (Phi) is 5.24. The SMILES string of the molecule is CC(C)=CCC(O)C(C)C1C(O)CC2(C)C3CCC4C(C)(C)C(=O)CCC45CC35CCC12C. The monoisotopic (exact) mass is 456 g/mol. The zero-order valence-electron chi connectivity index (χ0n) is 22.2. The quantitative estimate of drug-likeness (QED) is 0.487.